The number of rotatable bonds is 6. The Bertz CT molecular complexity index is 1070. The normalized spacial score (nSPS) is 23.4. The van der Waals surface area contributed by atoms with Crippen molar-refractivity contribution in [3.8, 4) is 0 Å². The first kappa shape index (κ1) is 21.7. The minimum atomic E-state index is -0.891. The Morgan fingerprint density at radius 1 is 0.970 bits per heavy atom. The van der Waals surface area contributed by atoms with Gasteiger partial charge in [0.1, 0.15) is 0 Å². The standard InChI is InChI=1S/C27H30N4O2/c1-2-21-5-7-22(8-6-21)17-30-19-25(24-4-3-11-29-16-24)27(20-30)26(32)31(14-15-33-27)18-23-9-12-28-13-10-23/h3-13,16,25H,2,14-15,17-20H2,1H3/t25-,27-/m0/s1. The lowest BCUT2D eigenvalue weighted by Crippen LogP contribution is -2.59. The summed E-state index contributed by atoms with van der Waals surface area (Å²) in [5, 5.41) is 0. The SMILES string of the molecule is CCc1ccc(CN2C[C@@H](c3cccnc3)[C@]3(C2)OCCN(Cc2ccncc2)C3=O)cc1. The zero-order valence-corrected chi connectivity index (χ0v) is 19.1. The fourth-order valence-corrected chi connectivity index (χ4v) is 5.12. The Kier molecular flexibility index (Phi) is 6.20. The van der Waals surface area contributed by atoms with Crippen LogP contribution in [0.2, 0.25) is 0 Å². The molecule has 0 bridgehead atoms. The van der Waals surface area contributed by atoms with Gasteiger partial charge in [-0.15, -0.1) is 0 Å². The second-order valence-corrected chi connectivity index (χ2v) is 9.00. The van der Waals surface area contributed by atoms with Gasteiger partial charge in [-0.1, -0.05) is 37.3 Å². The van der Waals surface area contributed by atoms with Crippen LogP contribution >= 0.6 is 0 Å². The highest BCUT2D eigenvalue weighted by atomic mass is 16.5. The number of nitrogens with zero attached hydrogens (tertiary/aromatic N) is 4. The average molecular weight is 443 g/mol. The van der Waals surface area contributed by atoms with Gasteiger partial charge in [0.25, 0.3) is 5.91 Å². The molecule has 0 N–H and O–H groups in total. The van der Waals surface area contributed by atoms with Crippen molar-refractivity contribution in [2.75, 3.05) is 26.2 Å². The monoisotopic (exact) mass is 442 g/mol. The molecule has 2 aliphatic rings. The van der Waals surface area contributed by atoms with Crippen LogP contribution in [0.3, 0.4) is 0 Å². The summed E-state index contributed by atoms with van der Waals surface area (Å²) in [6.07, 6.45) is 8.24. The quantitative estimate of drug-likeness (QED) is 0.585. The summed E-state index contributed by atoms with van der Waals surface area (Å²) in [4.78, 5) is 26.7. The molecular weight excluding hydrogens is 412 g/mol. The third-order valence-corrected chi connectivity index (χ3v) is 6.88. The van der Waals surface area contributed by atoms with Crippen LogP contribution in [0.1, 0.15) is 35.1 Å². The Morgan fingerprint density at radius 3 is 2.45 bits per heavy atom. The van der Waals surface area contributed by atoms with Crippen molar-refractivity contribution in [1.82, 2.24) is 19.8 Å². The molecule has 2 saturated heterocycles. The summed E-state index contributed by atoms with van der Waals surface area (Å²) in [6, 6.07) is 16.7. The van der Waals surface area contributed by atoms with E-state index in [2.05, 4.69) is 52.1 Å². The predicted octanol–water partition coefficient (Wildman–Crippen LogP) is 3.44. The van der Waals surface area contributed by atoms with Gasteiger partial charge in [-0.3, -0.25) is 19.7 Å². The van der Waals surface area contributed by atoms with Crippen LogP contribution in [0.5, 0.6) is 0 Å². The fourth-order valence-electron chi connectivity index (χ4n) is 5.12. The molecule has 1 amide bonds. The van der Waals surface area contributed by atoms with E-state index in [1.54, 1.807) is 18.6 Å². The third-order valence-electron chi connectivity index (χ3n) is 6.88. The molecule has 0 radical (unpaired) electrons. The molecule has 5 rings (SSSR count). The Morgan fingerprint density at radius 2 is 1.73 bits per heavy atom. The summed E-state index contributed by atoms with van der Waals surface area (Å²) < 4.78 is 6.41. The highest BCUT2D eigenvalue weighted by Gasteiger charge is 2.56. The molecule has 1 aromatic carbocycles. The molecule has 0 saturated carbocycles. The number of carbonyl (C=O) groups excluding carboxylic acids is 1. The molecule has 0 unspecified atom stereocenters. The lowest BCUT2D eigenvalue weighted by molar-refractivity contribution is -0.173. The largest absolute Gasteiger partial charge is 0.361 e. The van der Waals surface area contributed by atoms with E-state index in [9.17, 15) is 4.79 Å². The van der Waals surface area contributed by atoms with E-state index in [4.69, 9.17) is 4.74 Å². The summed E-state index contributed by atoms with van der Waals surface area (Å²) >= 11 is 0. The minimum absolute atomic E-state index is 0.0612. The zero-order chi connectivity index (χ0) is 22.7. The third kappa shape index (κ3) is 4.41. The number of morpholine rings is 1. The molecular formula is C27H30N4O2. The van der Waals surface area contributed by atoms with Crippen LogP contribution < -0.4 is 0 Å². The molecule has 2 aromatic heterocycles. The maximum atomic E-state index is 14.0. The Labute approximate surface area is 195 Å². The van der Waals surface area contributed by atoms with Crippen LogP contribution in [-0.2, 0) is 29.0 Å². The van der Waals surface area contributed by atoms with Gasteiger partial charge in [0, 0.05) is 63.4 Å². The number of likely N-dealkylation sites (tertiary alicyclic amines) is 1. The first-order valence-electron chi connectivity index (χ1n) is 11.7. The summed E-state index contributed by atoms with van der Waals surface area (Å²) in [7, 11) is 0. The van der Waals surface area contributed by atoms with Crippen molar-refractivity contribution >= 4 is 5.91 Å². The van der Waals surface area contributed by atoms with E-state index in [1.807, 2.05) is 29.3 Å². The number of ether oxygens (including phenoxy) is 1. The van der Waals surface area contributed by atoms with Crippen molar-refractivity contribution in [2.45, 2.75) is 38.0 Å². The Hall–Kier alpha value is -3.09. The van der Waals surface area contributed by atoms with Crippen molar-refractivity contribution in [3.05, 3.63) is 95.6 Å². The van der Waals surface area contributed by atoms with Crippen molar-refractivity contribution < 1.29 is 9.53 Å². The fraction of sp³-hybridized carbons (Fsp3) is 0.370. The van der Waals surface area contributed by atoms with Crippen LogP contribution in [0, 0.1) is 0 Å². The second-order valence-electron chi connectivity index (χ2n) is 9.00. The van der Waals surface area contributed by atoms with Gasteiger partial charge in [-0.25, -0.2) is 0 Å². The predicted molar refractivity (Wildman–Crippen MR) is 126 cm³/mol. The van der Waals surface area contributed by atoms with E-state index < -0.39 is 5.60 Å². The maximum Gasteiger partial charge on any atom is 0.257 e. The van der Waals surface area contributed by atoms with Gasteiger partial charge in [0.2, 0.25) is 0 Å². The number of aryl methyl sites for hydroxylation is 1. The molecule has 33 heavy (non-hydrogen) atoms. The number of hydrogen-bond donors (Lipinski definition) is 0. The van der Waals surface area contributed by atoms with E-state index in [1.165, 1.54) is 11.1 Å². The number of carbonyl (C=O) groups is 1. The second kappa shape index (κ2) is 9.41. The molecule has 0 aliphatic carbocycles. The molecule has 6 heteroatoms. The topological polar surface area (TPSA) is 58.6 Å². The molecule has 4 heterocycles. The maximum absolute atomic E-state index is 14.0. The highest BCUT2D eigenvalue weighted by Crippen LogP contribution is 2.42. The van der Waals surface area contributed by atoms with Gasteiger partial charge in [0.05, 0.1) is 6.61 Å². The van der Waals surface area contributed by atoms with Gasteiger partial charge in [0.15, 0.2) is 5.60 Å². The van der Waals surface area contributed by atoms with Crippen LogP contribution in [0.25, 0.3) is 0 Å². The number of benzene rings is 1. The summed E-state index contributed by atoms with van der Waals surface area (Å²) in [5.41, 5.74) is 3.84. The average Bonchev–Trinajstić information content (AvgIpc) is 3.22. The van der Waals surface area contributed by atoms with Gasteiger partial charge < -0.3 is 9.64 Å². The molecule has 3 aromatic rings. The summed E-state index contributed by atoms with van der Waals surface area (Å²) in [6.45, 7) is 6.01. The van der Waals surface area contributed by atoms with Gasteiger partial charge >= 0.3 is 0 Å². The van der Waals surface area contributed by atoms with Crippen molar-refractivity contribution in [2.24, 2.45) is 0 Å². The number of aromatic nitrogens is 2. The van der Waals surface area contributed by atoms with Crippen LogP contribution in [-0.4, -0.2) is 57.5 Å². The minimum Gasteiger partial charge on any atom is -0.361 e. The first-order chi connectivity index (χ1) is 16.2. The number of hydrogen-bond acceptors (Lipinski definition) is 5. The molecule has 2 atom stereocenters. The van der Waals surface area contributed by atoms with E-state index >= 15 is 0 Å². The smallest absolute Gasteiger partial charge is 0.257 e. The van der Waals surface area contributed by atoms with Gasteiger partial charge in [-0.05, 0) is 46.9 Å². The van der Waals surface area contributed by atoms with Crippen LogP contribution in [0.15, 0.2) is 73.3 Å². The van der Waals surface area contributed by atoms with E-state index in [0.717, 1.165) is 30.6 Å². The highest BCUT2D eigenvalue weighted by molar-refractivity contribution is 5.88. The molecule has 2 aliphatic heterocycles. The van der Waals surface area contributed by atoms with Gasteiger partial charge in [-0.2, -0.15) is 0 Å². The van der Waals surface area contributed by atoms with Crippen molar-refractivity contribution in [3.63, 3.8) is 0 Å². The number of amides is 1. The summed E-state index contributed by atoms with van der Waals surface area (Å²) in [5.74, 6) is 0.0112. The first-order valence-corrected chi connectivity index (χ1v) is 11.7. The Balaban J connectivity index is 1.42. The zero-order valence-electron chi connectivity index (χ0n) is 19.1. The lowest BCUT2D eigenvalue weighted by atomic mass is 9.83. The van der Waals surface area contributed by atoms with Crippen LogP contribution in [0.4, 0.5) is 0 Å². The van der Waals surface area contributed by atoms with E-state index in [-0.39, 0.29) is 11.8 Å². The molecule has 6 nitrogen and oxygen atoms in total. The van der Waals surface area contributed by atoms with E-state index in [0.29, 0.717) is 26.2 Å². The molecule has 170 valence electrons. The lowest BCUT2D eigenvalue weighted by Gasteiger charge is -2.42. The molecule has 2 fully saturated rings. The van der Waals surface area contributed by atoms with Crippen molar-refractivity contribution in [1.29, 1.82) is 0 Å². The molecule has 1 spiro atoms. The number of pyridine rings is 2.